The van der Waals surface area contributed by atoms with Crippen LogP contribution in [0.25, 0.3) is 0 Å². The fourth-order valence-electron chi connectivity index (χ4n) is 3.00. The van der Waals surface area contributed by atoms with Crippen molar-refractivity contribution < 1.29 is 5.11 Å². The van der Waals surface area contributed by atoms with Crippen LogP contribution in [0.2, 0.25) is 0 Å². The van der Waals surface area contributed by atoms with Crippen LogP contribution in [0.15, 0.2) is 54.9 Å². The normalized spacial score (nSPS) is 16.2. The number of aliphatic hydroxyl groups is 1. The highest BCUT2D eigenvalue weighted by Gasteiger charge is 2.27. The number of rotatable bonds is 10. The number of hydrogen-bond donors (Lipinski definition) is 2. The molecule has 136 valence electrons. The molecule has 2 rings (SSSR count). The summed E-state index contributed by atoms with van der Waals surface area (Å²) in [5, 5.41) is 14.5. The second-order valence-corrected chi connectivity index (χ2v) is 7.67. The quantitative estimate of drug-likeness (QED) is 0.589. The molecular weight excluding hydrogens is 328 g/mol. The summed E-state index contributed by atoms with van der Waals surface area (Å²) in [5.74, 6) is 1.16. The van der Waals surface area contributed by atoms with E-state index in [9.17, 15) is 5.11 Å². The van der Waals surface area contributed by atoms with Gasteiger partial charge in [0.2, 0.25) is 0 Å². The summed E-state index contributed by atoms with van der Waals surface area (Å²) >= 11 is 1.90. The average Bonchev–Trinajstić information content (AvgIpc) is 2.67. The van der Waals surface area contributed by atoms with E-state index in [1.807, 2.05) is 42.2 Å². The number of nitrogens with one attached hydrogen (secondary N) is 1. The molecule has 25 heavy (non-hydrogen) atoms. The van der Waals surface area contributed by atoms with E-state index >= 15 is 0 Å². The Morgan fingerprint density at radius 3 is 2.40 bits per heavy atom. The molecule has 0 saturated heterocycles. The van der Waals surface area contributed by atoms with Crippen molar-refractivity contribution in [3.05, 3.63) is 66.0 Å². The molecule has 0 fully saturated rings. The van der Waals surface area contributed by atoms with Crippen LogP contribution in [0.5, 0.6) is 0 Å². The van der Waals surface area contributed by atoms with E-state index < -0.39 is 6.23 Å². The molecule has 0 spiro atoms. The number of thioether (sulfide) groups is 1. The van der Waals surface area contributed by atoms with E-state index in [2.05, 4.69) is 49.3 Å². The van der Waals surface area contributed by atoms with Gasteiger partial charge in [-0.05, 0) is 35.8 Å². The van der Waals surface area contributed by atoms with E-state index in [-0.39, 0.29) is 17.2 Å². The van der Waals surface area contributed by atoms with E-state index in [0.717, 1.165) is 18.6 Å². The zero-order chi connectivity index (χ0) is 18.1. The lowest BCUT2D eigenvalue weighted by Gasteiger charge is -2.31. The maximum atomic E-state index is 10.9. The molecule has 0 aliphatic heterocycles. The standard InChI is InChI=1S/C21H30N2OS/c1-4-14-25-20(18-12-9-13-22-15-18)16(3)21(24)23-19(5-2)17-10-7-6-8-11-17/h6-13,15-16,19-21,23-24H,4-5,14H2,1-3H3. The van der Waals surface area contributed by atoms with Crippen LogP contribution < -0.4 is 5.32 Å². The van der Waals surface area contributed by atoms with Crippen LogP contribution in [0.1, 0.15) is 56.0 Å². The molecule has 4 heteroatoms. The molecule has 0 radical (unpaired) electrons. The van der Waals surface area contributed by atoms with Crippen molar-refractivity contribution in [1.29, 1.82) is 0 Å². The Bertz CT molecular complexity index is 593. The number of hydrogen-bond acceptors (Lipinski definition) is 4. The second-order valence-electron chi connectivity index (χ2n) is 6.42. The minimum Gasteiger partial charge on any atom is -0.378 e. The first-order valence-corrected chi connectivity index (χ1v) is 10.2. The maximum Gasteiger partial charge on any atom is 0.109 e. The van der Waals surface area contributed by atoms with Crippen LogP contribution in [0.4, 0.5) is 0 Å². The minimum atomic E-state index is -0.570. The monoisotopic (exact) mass is 358 g/mol. The van der Waals surface area contributed by atoms with E-state index in [0.29, 0.717) is 0 Å². The molecule has 4 atom stereocenters. The molecule has 0 aliphatic carbocycles. The van der Waals surface area contributed by atoms with Gasteiger partial charge in [-0.3, -0.25) is 10.3 Å². The molecule has 0 saturated carbocycles. The first kappa shape index (κ1) is 20.0. The van der Waals surface area contributed by atoms with Crippen LogP contribution in [0, 0.1) is 5.92 Å². The van der Waals surface area contributed by atoms with Gasteiger partial charge in [0, 0.05) is 29.6 Å². The highest BCUT2D eigenvalue weighted by atomic mass is 32.2. The number of benzene rings is 1. The van der Waals surface area contributed by atoms with Crippen LogP contribution in [-0.2, 0) is 0 Å². The maximum absolute atomic E-state index is 10.9. The molecule has 0 bridgehead atoms. The van der Waals surface area contributed by atoms with Crippen molar-refractivity contribution in [2.75, 3.05) is 5.75 Å². The highest BCUT2D eigenvalue weighted by molar-refractivity contribution is 7.99. The minimum absolute atomic E-state index is 0.0820. The van der Waals surface area contributed by atoms with Crippen molar-refractivity contribution in [2.45, 2.75) is 51.1 Å². The van der Waals surface area contributed by atoms with Gasteiger partial charge in [-0.15, -0.1) is 0 Å². The first-order chi connectivity index (χ1) is 12.2. The van der Waals surface area contributed by atoms with Gasteiger partial charge < -0.3 is 5.11 Å². The molecule has 1 aromatic carbocycles. The SMILES string of the molecule is CCCSC(c1cccnc1)C(C)C(O)NC(CC)c1ccccc1. The number of pyridine rings is 1. The molecule has 2 aromatic rings. The summed E-state index contributed by atoms with van der Waals surface area (Å²) < 4.78 is 0. The fourth-order valence-corrected chi connectivity index (χ4v) is 4.27. The summed E-state index contributed by atoms with van der Waals surface area (Å²) in [6.45, 7) is 6.46. The van der Waals surface area contributed by atoms with E-state index in [1.165, 1.54) is 11.1 Å². The van der Waals surface area contributed by atoms with Gasteiger partial charge in [0.05, 0.1) is 0 Å². The Morgan fingerprint density at radius 1 is 1.08 bits per heavy atom. The molecule has 0 amide bonds. The number of aliphatic hydroxyl groups excluding tert-OH is 1. The molecule has 0 aliphatic rings. The highest BCUT2D eigenvalue weighted by Crippen LogP contribution is 2.37. The van der Waals surface area contributed by atoms with Gasteiger partial charge in [-0.25, -0.2) is 0 Å². The van der Waals surface area contributed by atoms with Crippen molar-refractivity contribution >= 4 is 11.8 Å². The lowest BCUT2D eigenvalue weighted by molar-refractivity contribution is 0.0679. The lowest BCUT2D eigenvalue weighted by atomic mass is 9.98. The summed E-state index contributed by atoms with van der Waals surface area (Å²) in [6, 6.07) is 14.6. The Labute approximate surface area is 156 Å². The Morgan fingerprint density at radius 2 is 1.80 bits per heavy atom. The Hall–Kier alpha value is -1.36. The van der Waals surface area contributed by atoms with Crippen LogP contribution in [-0.4, -0.2) is 22.1 Å². The van der Waals surface area contributed by atoms with Gasteiger partial charge in [0.15, 0.2) is 0 Å². The predicted octanol–water partition coefficient (Wildman–Crippen LogP) is 4.96. The Kier molecular flexibility index (Phi) is 8.45. The Balaban J connectivity index is 2.10. The van der Waals surface area contributed by atoms with Gasteiger partial charge in [-0.1, -0.05) is 57.2 Å². The van der Waals surface area contributed by atoms with E-state index in [1.54, 1.807) is 6.20 Å². The largest absolute Gasteiger partial charge is 0.378 e. The number of aromatic nitrogens is 1. The molecule has 3 nitrogen and oxygen atoms in total. The van der Waals surface area contributed by atoms with Gasteiger partial charge in [0.25, 0.3) is 0 Å². The predicted molar refractivity (Wildman–Crippen MR) is 108 cm³/mol. The van der Waals surface area contributed by atoms with Crippen LogP contribution >= 0.6 is 11.8 Å². The summed E-state index contributed by atoms with van der Waals surface area (Å²) in [7, 11) is 0. The lowest BCUT2D eigenvalue weighted by Crippen LogP contribution is -2.39. The topological polar surface area (TPSA) is 45.2 Å². The molecular formula is C21H30N2OS. The third-order valence-corrected chi connectivity index (χ3v) is 6.18. The molecule has 1 aromatic heterocycles. The molecule has 4 unspecified atom stereocenters. The molecule has 2 N–H and O–H groups in total. The van der Waals surface area contributed by atoms with Gasteiger partial charge in [0.1, 0.15) is 6.23 Å². The van der Waals surface area contributed by atoms with Crippen molar-refractivity contribution in [2.24, 2.45) is 5.92 Å². The first-order valence-electron chi connectivity index (χ1n) is 9.17. The van der Waals surface area contributed by atoms with Crippen LogP contribution in [0.3, 0.4) is 0 Å². The smallest absolute Gasteiger partial charge is 0.109 e. The third-order valence-electron chi connectivity index (χ3n) is 4.47. The third kappa shape index (κ3) is 5.84. The van der Waals surface area contributed by atoms with E-state index in [4.69, 9.17) is 0 Å². The summed E-state index contributed by atoms with van der Waals surface area (Å²) in [5.41, 5.74) is 2.40. The zero-order valence-corrected chi connectivity index (χ0v) is 16.2. The second kappa shape index (κ2) is 10.6. The summed E-state index contributed by atoms with van der Waals surface area (Å²) in [6.07, 6.45) is 5.21. The van der Waals surface area contributed by atoms with Gasteiger partial charge in [-0.2, -0.15) is 11.8 Å². The number of nitrogens with zero attached hydrogens (tertiary/aromatic N) is 1. The average molecular weight is 359 g/mol. The van der Waals surface area contributed by atoms with Gasteiger partial charge >= 0.3 is 0 Å². The van der Waals surface area contributed by atoms with Crippen molar-refractivity contribution in [1.82, 2.24) is 10.3 Å². The van der Waals surface area contributed by atoms with Crippen molar-refractivity contribution in [3.63, 3.8) is 0 Å². The summed E-state index contributed by atoms with van der Waals surface area (Å²) in [4.78, 5) is 4.26. The zero-order valence-electron chi connectivity index (χ0n) is 15.4. The molecule has 1 heterocycles. The fraction of sp³-hybridized carbons (Fsp3) is 0.476. The van der Waals surface area contributed by atoms with Crippen molar-refractivity contribution in [3.8, 4) is 0 Å².